The number of ether oxygens (including phenoxy) is 2. The van der Waals surface area contributed by atoms with E-state index in [0.29, 0.717) is 6.61 Å². The van der Waals surface area contributed by atoms with Gasteiger partial charge in [0, 0.05) is 0 Å². The van der Waals surface area contributed by atoms with Gasteiger partial charge in [0.15, 0.2) is 6.86 Å². The van der Waals surface area contributed by atoms with Crippen LogP contribution in [0.4, 0.5) is 4.39 Å². The summed E-state index contributed by atoms with van der Waals surface area (Å²) >= 11 is 0. The molecule has 1 heterocycles. The van der Waals surface area contributed by atoms with E-state index in [1.165, 1.54) is 0 Å². The molecule has 0 spiro atoms. The van der Waals surface area contributed by atoms with E-state index in [9.17, 15) is 4.39 Å². The van der Waals surface area contributed by atoms with Crippen LogP contribution in [0.15, 0.2) is 0 Å². The highest BCUT2D eigenvalue weighted by Crippen LogP contribution is 2.07. The van der Waals surface area contributed by atoms with Gasteiger partial charge in [-0.15, -0.1) is 0 Å². The molecule has 1 saturated heterocycles. The van der Waals surface area contributed by atoms with Crippen molar-refractivity contribution in [3.05, 3.63) is 0 Å². The van der Waals surface area contributed by atoms with Gasteiger partial charge in [-0.1, -0.05) is 0 Å². The van der Waals surface area contributed by atoms with Gasteiger partial charge < -0.3 is 9.47 Å². The monoisotopic (exact) mass is 106 g/mol. The van der Waals surface area contributed by atoms with E-state index >= 15 is 0 Å². The van der Waals surface area contributed by atoms with Gasteiger partial charge in [0.25, 0.3) is 0 Å². The van der Waals surface area contributed by atoms with Crippen LogP contribution in [-0.4, -0.2) is 26.2 Å². The molecule has 0 unspecified atom stereocenters. The predicted molar refractivity (Wildman–Crippen MR) is 21.7 cm³/mol. The van der Waals surface area contributed by atoms with Crippen LogP contribution in [0.5, 0.6) is 0 Å². The molecule has 0 saturated carbocycles. The normalized spacial score (nSPS) is 27.9. The predicted octanol–water partition coefficient (Wildman–Crippen LogP) is 0.329. The Bertz CT molecular complexity index is 53.7. The molecule has 0 radical (unpaired) electrons. The molecule has 0 bridgehead atoms. The van der Waals surface area contributed by atoms with Crippen molar-refractivity contribution in [2.75, 3.05) is 20.1 Å². The molecule has 42 valence electrons. The highest BCUT2D eigenvalue weighted by atomic mass is 19.1. The zero-order chi connectivity index (χ0) is 5.11. The van der Waals surface area contributed by atoms with Crippen molar-refractivity contribution in [2.45, 2.75) is 6.10 Å². The molecule has 1 aliphatic rings. The van der Waals surface area contributed by atoms with Gasteiger partial charge in [0.1, 0.15) is 6.10 Å². The van der Waals surface area contributed by atoms with Gasteiger partial charge in [0.05, 0.1) is 13.2 Å². The Balaban J connectivity index is 1.80. The first-order valence-electron chi connectivity index (χ1n) is 2.19. The van der Waals surface area contributed by atoms with Gasteiger partial charge in [-0.05, 0) is 0 Å². The van der Waals surface area contributed by atoms with E-state index in [4.69, 9.17) is 4.74 Å². The van der Waals surface area contributed by atoms with E-state index in [1.54, 1.807) is 0 Å². The van der Waals surface area contributed by atoms with Crippen molar-refractivity contribution in [3.8, 4) is 0 Å². The molecular weight excluding hydrogens is 99.0 g/mol. The van der Waals surface area contributed by atoms with Gasteiger partial charge >= 0.3 is 0 Å². The first-order chi connectivity index (χ1) is 3.43. The molecule has 1 atom stereocenters. The third-order valence-electron chi connectivity index (χ3n) is 0.783. The van der Waals surface area contributed by atoms with Crippen LogP contribution in [0.3, 0.4) is 0 Å². The van der Waals surface area contributed by atoms with Crippen LogP contribution in [0.25, 0.3) is 0 Å². The molecular formula is C4H7FO2. The van der Waals surface area contributed by atoms with Gasteiger partial charge in [-0.3, -0.25) is 0 Å². The molecule has 1 rings (SSSR count). The van der Waals surface area contributed by atoms with Crippen molar-refractivity contribution in [1.82, 2.24) is 0 Å². The summed E-state index contributed by atoms with van der Waals surface area (Å²) in [5.41, 5.74) is 0. The second kappa shape index (κ2) is 2.23. The van der Waals surface area contributed by atoms with Crippen LogP contribution in [-0.2, 0) is 9.47 Å². The smallest absolute Gasteiger partial charge is 0.188 e. The Morgan fingerprint density at radius 1 is 1.86 bits per heavy atom. The number of halogens is 1. The van der Waals surface area contributed by atoms with Crippen molar-refractivity contribution >= 4 is 0 Å². The van der Waals surface area contributed by atoms with Crippen molar-refractivity contribution in [1.29, 1.82) is 0 Å². The van der Waals surface area contributed by atoms with Crippen molar-refractivity contribution in [2.24, 2.45) is 0 Å². The van der Waals surface area contributed by atoms with Gasteiger partial charge in [-0.25, -0.2) is 4.39 Å². The lowest BCUT2D eigenvalue weighted by molar-refractivity contribution is 0.0478. The van der Waals surface area contributed by atoms with E-state index in [1.807, 2.05) is 0 Å². The second-order valence-corrected chi connectivity index (χ2v) is 1.44. The maximum absolute atomic E-state index is 11.1. The minimum Gasteiger partial charge on any atom is -0.371 e. The van der Waals surface area contributed by atoms with Gasteiger partial charge in [-0.2, -0.15) is 0 Å². The van der Waals surface area contributed by atoms with E-state index in [0.717, 1.165) is 6.61 Å². The lowest BCUT2D eigenvalue weighted by Gasteiger charge is -1.89. The molecule has 0 aliphatic carbocycles. The summed E-state index contributed by atoms with van der Waals surface area (Å²) in [5.74, 6) is 0. The third kappa shape index (κ3) is 1.85. The topological polar surface area (TPSA) is 21.8 Å². The molecule has 1 fully saturated rings. The first kappa shape index (κ1) is 5.00. The average molecular weight is 106 g/mol. The number of alkyl halides is 1. The third-order valence-corrected chi connectivity index (χ3v) is 0.783. The number of hydrogen-bond donors (Lipinski definition) is 0. The maximum atomic E-state index is 11.1. The summed E-state index contributed by atoms with van der Waals surface area (Å²) in [5, 5.41) is 0. The lowest BCUT2D eigenvalue weighted by atomic mass is 10.5. The standard InChI is InChI=1S/C4H7FO2/c5-3-6-1-4-2-7-4/h4H,1-3H2/t4-/m0/s1. The average Bonchev–Trinajstić information content (AvgIpc) is 2.42. The SMILES string of the molecule is FCOC[C@H]1CO1. The van der Waals surface area contributed by atoms with Crippen LogP contribution < -0.4 is 0 Å². The van der Waals surface area contributed by atoms with Crippen LogP contribution in [0.2, 0.25) is 0 Å². The zero-order valence-corrected chi connectivity index (χ0v) is 3.89. The number of rotatable bonds is 3. The maximum Gasteiger partial charge on any atom is 0.188 e. The Hall–Kier alpha value is -0.150. The summed E-state index contributed by atoms with van der Waals surface area (Å²) in [7, 11) is 0. The summed E-state index contributed by atoms with van der Waals surface area (Å²) < 4.78 is 20.2. The summed E-state index contributed by atoms with van der Waals surface area (Å²) in [6.07, 6.45) is 0.191. The van der Waals surface area contributed by atoms with Crippen molar-refractivity contribution < 1.29 is 13.9 Å². The van der Waals surface area contributed by atoms with E-state index in [-0.39, 0.29) is 6.10 Å². The molecule has 7 heavy (non-hydrogen) atoms. The molecule has 0 aromatic rings. The van der Waals surface area contributed by atoms with E-state index < -0.39 is 6.86 Å². The summed E-state index contributed by atoms with van der Waals surface area (Å²) in [6, 6.07) is 0. The second-order valence-electron chi connectivity index (χ2n) is 1.44. The first-order valence-corrected chi connectivity index (χ1v) is 2.19. The highest BCUT2D eigenvalue weighted by Gasteiger charge is 2.21. The van der Waals surface area contributed by atoms with Crippen LogP contribution in [0.1, 0.15) is 0 Å². The van der Waals surface area contributed by atoms with Crippen LogP contribution >= 0.6 is 0 Å². The fourth-order valence-corrected chi connectivity index (χ4v) is 0.340. The molecule has 0 aromatic carbocycles. The quantitative estimate of drug-likeness (QED) is 0.483. The molecule has 1 aliphatic heterocycles. The lowest BCUT2D eigenvalue weighted by Crippen LogP contribution is -1.98. The molecule has 0 amide bonds. The minimum absolute atomic E-state index is 0.191. The van der Waals surface area contributed by atoms with Crippen LogP contribution in [0, 0.1) is 0 Å². The summed E-state index contributed by atoms with van der Waals surface area (Å²) in [6.45, 7) is 0.455. The van der Waals surface area contributed by atoms with Crippen molar-refractivity contribution in [3.63, 3.8) is 0 Å². The molecule has 0 aromatic heterocycles. The van der Waals surface area contributed by atoms with Gasteiger partial charge in [0.2, 0.25) is 0 Å². The number of epoxide rings is 1. The molecule has 0 N–H and O–H groups in total. The van der Waals surface area contributed by atoms with E-state index in [2.05, 4.69) is 4.74 Å². The zero-order valence-electron chi connectivity index (χ0n) is 3.89. The minimum atomic E-state index is -0.695. The Labute approximate surface area is 41.2 Å². The fraction of sp³-hybridized carbons (Fsp3) is 1.00. The fourth-order valence-electron chi connectivity index (χ4n) is 0.340. The highest BCUT2D eigenvalue weighted by molar-refractivity contribution is 4.66. The Kier molecular flexibility index (Phi) is 1.59. The Morgan fingerprint density at radius 2 is 2.57 bits per heavy atom. The summed E-state index contributed by atoms with van der Waals surface area (Å²) in [4.78, 5) is 0. The largest absolute Gasteiger partial charge is 0.371 e. The molecule has 3 heteroatoms. The number of hydrogen-bond acceptors (Lipinski definition) is 2. The Morgan fingerprint density at radius 3 is 3.00 bits per heavy atom. The molecule has 2 nitrogen and oxygen atoms in total.